The van der Waals surface area contributed by atoms with Gasteiger partial charge in [0.15, 0.2) is 0 Å². The molecule has 0 fully saturated rings. The van der Waals surface area contributed by atoms with Crippen LogP contribution in [0.4, 0.5) is 26.3 Å². The van der Waals surface area contributed by atoms with Crippen molar-refractivity contribution in [2.45, 2.75) is 18.4 Å². The zero-order valence-corrected chi connectivity index (χ0v) is 12.1. The van der Waals surface area contributed by atoms with E-state index in [1.54, 1.807) is 0 Å². The van der Waals surface area contributed by atoms with Gasteiger partial charge in [0.1, 0.15) is 5.92 Å². The van der Waals surface area contributed by atoms with Crippen molar-refractivity contribution in [1.29, 1.82) is 0 Å². The first-order valence-electron chi connectivity index (χ1n) is 6.53. The topological polar surface area (TPSA) is 46.9 Å². The summed E-state index contributed by atoms with van der Waals surface area (Å²) in [7, 11) is 1.37. The summed E-state index contributed by atoms with van der Waals surface area (Å²) in [5.74, 6) is -3.09. The van der Waals surface area contributed by atoms with Crippen molar-refractivity contribution in [3.05, 3.63) is 53.3 Å². The Kier molecular flexibility index (Phi) is 4.59. The first-order valence-corrected chi connectivity index (χ1v) is 6.53. The van der Waals surface area contributed by atoms with Gasteiger partial charge in [-0.05, 0) is 17.7 Å². The summed E-state index contributed by atoms with van der Waals surface area (Å²) in [6.45, 7) is 0. The number of hydrogen-bond donors (Lipinski definition) is 1. The maximum absolute atomic E-state index is 12.8. The molecule has 2 rings (SSSR count). The maximum atomic E-state index is 12.8. The molecule has 1 atom stereocenters. The van der Waals surface area contributed by atoms with Crippen LogP contribution in [-0.4, -0.2) is 22.0 Å². The molecule has 0 aliphatic heterocycles. The highest BCUT2D eigenvalue weighted by atomic mass is 19.4. The number of carbonyl (C=O) groups is 1. The van der Waals surface area contributed by atoms with E-state index in [0.717, 1.165) is 28.2 Å². The third-order valence-corrected chi connectivity index (χ3v) is 3.23. The van der Waals surface area contributed by atoms with E-state index >= 15 is 0 Å². The molecule has 0 saturated heterocycles. The van der Waals surface area contributed by atoms with Crippen molar-refractivity contribution < 1.29 is 31.1 Å². The highest BCUT2D eigenvalue weighted by molar-refractivity contribution is 5.87. The second-order valence-electron chi connectivity index (χ2n) is 4.92. The van der Waals surface area contributed by atoms with E-state index in [9.17, 15) is 31.1 Å². The predicted octanol–water partition coefficient (Wildman–Crippen LogP) is 3.21. The summed E-state index contributed by atoms with van der Waals surface area (Å²) in [5.41, 5.74) is -1.27. The lowest BCUT2D eigenvalue weighted by Crippen LogP contribution is -2.41. The number of aryl methyl sites for hydroxylation is 1. The molecule has 1 unspecified atom stereocenters. The zero-order chi connectivity index (χ0) is 18.1. The molecule has 24 heavy (non-hydrogen) atoms. The summed E-state index contributed by atoms with van der Waals surface area (Å²) in [4.78, 5) is 12.0. The summed E-state index contributed by atoms with van der Waals surface area (Å²) in [6.07, 6.45) is -8.46. The van der Waals surface area contributed by atoms with Gasteiger partial charge in [0.2, 0.25) is 5.91 Å². The lowest BCUT2D eigenvalue weighted by molar-refractivity contribution is -0.170. The highest BCUT2D eigenvalue weighted by Crippen LogP contribution is 2.33. The fraction of sp³-hybridized carbons (Fsp3) is 0.286. The van der Waals surface area contributed by atoms with Crippen molar-refractivity contribution in [1.82, 2.24) is 15.1 Å². The summed E-state index contributed by atoms with van der Waals surface area (Å²) in [6, 6.07) is 4.87. The Hall–Kier alpha value is -2.52. The number of halogens is 6. The summed E-state index contributed by atoms with van der Waals surface area (Å²) in [5, 5.41) is 4.58. The van der Waals surface area contributed by atoms with Crippen LogP contribution < -0.4 is 5.32 Å². The Labute approximate surface area is 132 Å². The van der Waals surface area contributed by atoms with E-state index < -0.39 is 29.9 Å². The Morgan fingerprint density at radius 1 is 1.17 bits per heavy atom. The van der Waals surface area contributed by atoms with Crippen LogP contribution in [0.15, 0.2) is 36.5 Å². The van der Waals surface area contributed by atoms with Gasteiger partial charge in [-0.15, -0.1) is 0 Å². The molecule has 1 aromatic heterocycles. The fourth-order valence-electron chi connectivity index (χ4n) is 2.23. The van der Waals surface area contributed by atoms with E-state index in [2.05, 4.69) is 5.10 Å². The molecule has 4 nitrogen and oxygen atoms in total. The molecule has 10 heteroatoms. The lowest BCUT2D eigenvalue weighted by Gasteiger charge is -2.20. The number of aromatic nitrogens is 2. The number of nitrogens with zero attached hydrogens (tertiary/aromatic N) is 2. The molecular weight excluding hydrogens is 340 g/mol. The standard InChI is InChI=1S/C14H11F6N3O/c1-23-10(5-6-21-23)11(12(24)22-14(18,19)20)8-3-2-4-9(7-8)13(15,16)17/h2-7,11H,1H3,(H,22,24). The second kappa shape index (κ2) is 6.17. The molecule has 0 aliphatic rings. The van der Waals surface area contributed by atoms with E-state index in [-0.39, 0.29) is 11.3 Å². The molecule has 0 spiro atoms. The van der Waals surface area contributed by atoms with E-state index in [1.165, 1.54) is 19.3 Å². The minimum Gasteiger partial charge on any atom is -0.274 e. The van der Waals surface area contributed by atoms with Crippen molar-refractivity contribution in [3.8, 4) is 0 Å². The summed E-state index contributed by atoms with van der Waals surface area (Å²) < 4.78 is 77.0. The first-order chi connectivity index (χ1) is 11.0. The van der Waals surface area contributed by atoms with Crippen LogP contribution in [0, 0.1) is 0 Å². The summed E-state index contributed by atoms with van der Waals surface area (Å²) >= 11 is 0. The van der Waals surface area contributed by atoms with Crippen LogP contribution in [0.1, 0.15) is 22.7 Å². The Balaban J connectivity index is 2.51. The Morgan fingerprint density at radius 2 is 1.83 bits per heavy atom. The number of carbonyl (C=O) groups excluding carboxylic acids is 1. The van der Waals surface area contributed by atoms with Gasteiger partial charge in [-0.1, -0.05) is 18.2 Å². The third kappa shape index (κ3) is 4.06. The average Bonchev–Trinajstić information content (AvgIpc) is 2.83. The van der Waals surface area contributed by atoms with Gasteiger partial charge in [0.25, 0.3) is 0 Å². The number of alkyl halides is 6. The van der Waals surface area contributed by atoms with Crippen molar-refractivity contribution in [2.24, 2.45) is 7.05 Å². The SMILES string of the molecule is Cn1nccc1C(C(=O)NC(F)(F)F)c1cccc(C(F)(F)F)c1. The second-order valence-corrected chi connectivity index (χ2v) is 4.92. The molecule has 1 N–H and O–H groups in total. The predicted molar refractivity (Wildman–Crippen MR) is 70.7 cm³/mol. The minimum absolute atomic E-state index is 0.0241. The van der Waals surface area contributed by atoms with Crippen LogP contribution in [0.3, 0.4) is 0 Å². The third-order valence-electron chi connectivity index (χ3n) is 3.23. The van der Waals surface area contributed by atoms with Gasteiger partial charge >= 0.3 is 12.5 Å². The van der Waals surface area contributed by atoms with E-state index in [0.29, 0.717) is 6.07 Å². The van der Waals surface area contributed by atoms with Gasteiger partial charge in [-0.3, -0.25) is 14.8 Å². The Bertz CT molecular complexity index is 735. The average molecular weight is 351 g/mol. The van der Waals surface area contributed by atoms with E-state index in [1.807, 2.05) is 0 Å². The fourth-order valence-corrected chi connectivity index (χ4v) is 2.23. The molecule has 1 aromatic carbocycles. The number of nitrogens with one attached hydrogen (secondary N) is 1. The lowest BCUT2D eigenvalue weighted by atomic mass is 9.93. The van der Waals surface area contributed by atoms with Crippen LogP contribution in [-0.2, 0) is 18.0 Å². The van der Waals surface area contributed by atoms with Gasteiger partial charge in [0.05, 0.1) is 11.3 Å². The first kappa shape index (κ1) is 17.8. The Morgan fingerprint density at radius 3 is 2.33 bits per heavy atom. The van der Waals surface area contributed by atoms with Crippen molar-refractivity contribution in [2.75, 3.05) is 0 Å². The van der Waals surface area contributed by atoms with Gasteiger partial charge in [0, 0.05) is 13.2 Å². The van der Waals surface area contributed by atoms with Crippen LogP contribution in [0.2, 0.25) is 0 Å². The van der Waals surface area contributed by atoms with Gasteiger partial charge in [-0.25, -0.2) is 0 Å². The van der Waals surface area contributed by atoms with E-state index in [4.69, 9.17) is 0 Å². The molecule has 0 aliphatic carbocycles. The smallest absolute Gasteiger partial charge is 0.274 e. The number of hydrogen-bond acceptors (Lipinski definition) is 2. The number of amides is 1. The largest absolute Gasteiger partial charge is 0.484 e. The van der Waals surface area contributed by atoms with Crippen LogP contribution in [0.5, 0.6) is 0 Å². The van der Waals surface area contributed by atoms with Crippen LogP contribution >= 0.6 is 0 Å². The molecule has 0 radical (unpaired) electrons. The molecule has 2 aromatic rings. The highest BCUT2D eigenvalue weighted by Gasteiger charge is 2.37. The quantitative estimate of drug-likeness (QED) is 0.682. The molecule has 0 saturated carbocycles. The van der Waals surface area contributed by atoms with Crippen molar-refractivity contribution in [3.63, 3.8) is 0 Å². The minimum atomic E-state index is -5.00. The van der Waals surface area contributed by atoms with Gasteiger partial charge in [-0.2, -0.15) is 31.4 Å². The molecule has 130 valence electrons. The number of rotatable bonds is 3. The molecule has 1 heterocycles. The monoisotopic (exact) mass is 351 g/mol. The van der Waals surface area contributed by atoms with Gasteiger partial charge < -0.3 is 0 Å². The normalized spacial score (nSPS) is 13.6. The molecule has 0 bridgehead atoms. The maximum Gasteiger partial charge on any atom is 0.484 e. The van der Waals surface area contributed by atoms with Crippen molar-refractivity contribution >= 4 is 5.91 Å². The van der Waals surface area contributed by atoms with Crippen LogP contribution in [0.25, 0.3) is 0 Å². The number of benzene rings is 1. The zero-order valence-electron chi connectivity index (χ0n) is 12.1. The molecule has 1 amide bonds. The molecular formula is C14H11F6N3O.